The molecule has 0 saturated carbocycles. The van der Waals surface area contributed by atoms with Crippen molar-refractivity contribution >= 4 is 11.8 Å². The van der Waals surface area contributed by atoms with Crippen LogP contribution in [-0.4, -0.2) is 29.1 Å². The van der Waals surface area contributed by atoms with Gasteiger partial charge in [0.1, 0.15) is 0 Å². The maximum Gasteiger partial charge on any atom is 0.0372 e. The molecule has 0 amide bonds. The quantitative estimate of drug-likeness (QED) is 0.814. The van der Waals surface area contributed by atoms with Gasteiger partial charge in [-0.1, -0.05) is 6.07 Å². The average Bonchev–Trinajstić information content (AvgIpc) is 2.12. The van der Waals surface area contributed by atoms with Crippen molar-refractivity contribution in [3.63, 3.8) is 0 Å². The monoisotopic (exact) mass is 208 g/mol. The molecular weight excluding hydrogens is 192 g/mol. The minimum Gasteiger partial charge on any atom is -0.312 e. The second-order valence-corrected chi connectivity index (χ2v) is 4.82. The molecule has 0 atom stereocenters. The molecule has 1 aromatic rings. The lowest BCUT2D eigenvalue weighted by Gasteiger charge is -2.25. The first-order chi connectivity index (χ1) is 6.84. The number of nitrogens with one attached hydrogen (secondary N) is 1. The summed E-state index contributed by atoms with van der Waals surface area (Å²) < 4.78 is 0. The number of nitrogens with zero attached hydrogens (tertiary/aromatic N) is 1. The van der Waals surface area contributed by atoms with Crippen LogP contribution in [0.5, 0.6) is 0 Å². The van der Waals surface area contributed by atoms with E-state index < -0.39 is 0 Å². The van der Waals surface area contributed by atoms with Crippen LogP contribution in [0.25, 0.3) is 0 Å². The van der Waals surface area contributed by atoms with Gasteiger partial charge in [0.15, 0.2) is 0 Å². The number of thioether (sulfide) groups is 1. The Bertz CT molecular complexity index is 280. The number of aryl methyl sites for hydroxylation is 1. The van der Waals surface area contributed by atoms with Crippen molar-refractivity contribution in [3.8, 4) is 0 Å². The van der Waals surface area contributed by atoms with Gasteiger partial charge in [-0.2, -0.15) is 11.8 Å². The molecular formula is C11H16N2S. The van der Waals surface area contributed by atoms with Crippen LogP contribution in [0.2, 0.25) is 0 Å². The van der Waals surface area contributed by atoms with Gasteiger partial charge in [-0.05, 0) is 31.5 Å². The van der Waals surface area contributed by atoms with E-state index in [1.807, 2.05) is 24.9 Å². The van der Waals surface area contributed by atoms with Gasteiger partial charge in [-0.25, -0.2) is 0 Å². The lowest BCUT2D eigenvalue weighted by atomic mass is 10.2. The summed E-state index contributed by atoms with van der Waals surface area (Å²) in [5.74, 6) is 2.57. The molecule has 1 aromatic heterocycles. The highest BCUT2D eigenvalue weighted by molar-refractivity contribution is 8.00. The fourth-order valence-corrected chi connectivity index (χ4v) is 2.13. The third-order valence-electron chi connectivity index (χ3n) is 2.46. The fourth-order valence-electron chi connectivity index (χ4n) is 1.42. The highest BCUT2D eigenvalue weighted by Crippen LogP contribution is 2.16. The van der Waals surface area contributed by atoms with Crippen LogP contribution in [-0.2, 0) is 6.42 Å². The van der Waals surface area contributed by atoms with Crippen molar-refractivity contribution in [2.75, 3.05) is 18.1 Å². The van der Waals surface area contributed by atoms with E-state index >= 15 is 0 Å². The predicted molar refractivity (Wildman–Crippen MR) is 61.8 cm³/mol. The van der Waals surface area contributed by atoms with Crippen molar-refractivity contribution in [1.82, 2.24) is 10.3 Å². The van der Waals surface area contributed by atoms with E-state index in [-0.39, 0.29) is 0 Å². The summed E-state index contributed by atoms with van der Waals surface area (Å²) in [5, 5.41) is 3.53. The maximum absolute atomic E-state index is 4.28. The van der Waals surface area contributed by atoms with Gasteiger partial charge in [-0.15, -0.1) is 0 Å². The minimum absolute atomic E-state index is 0.762. The van der Waals surface area contributed by atoms with Gasteiger partial charge >= 0.3 is 0 Å². The molecule has 0 aromatic carbocycles. The number of hydrogen-bond acceptors (Lipinski definition) is 3. The Hall–Kier alpha value is -0.540. The van der Waals surface area contributed by atoms with E-state index in [9.17, 15) is 0 Å². The Morgan fingerprint density at radius 1 is 1.50 bits per heavy atom. The third kappa shape index (κ3) is 2.72. The van der Waals surface area contributed by atoms with Gasteiger partial charge < -0.3 is 5.32 Å². The Morgan fingerprint density at radius 2 is 2.36 bits per heavy atom. The van der Waals surface area contributed by atoms with Crippen LogP contribution in [0.4, 0.5) is 0 Å². The van der Waals surface area contributed by atoms with Gasteiger partial charge in [0, 0.05) is 29.4 Å². The van der Waals surface area contributed by atoms with Gasteiger partial charge in [0.05, 0.1) is 0 Å². The molecule has 1 aliphatic rings. The molecule has 3 heteroatoms. The van der Waals surface area contributed by atoms with Crippen LogP contribution >= 0.6 is 11.8 Å². The van der Waals surface area contributed by atoms with Gasteiger partial charge in [0.2, 0.25) is 0 Å². The minimum atomic E-state index is 0.762. The zero-order valence-electron chi connectivity index (χ0n) is 8.49. The van der Waals surface area contributed by atoms with E-state index in [1.54, 1.807) is 0 Å². The van der Waals surface area contributed by atoms with E-state index in [2.05, 4.69) is 22.4 Å². The zero-order valence-corrected chi connectivity index (χ0v) is 9.31. The first kappa shape index (κ1) is 9.99. The summed E-state index contributed by atoms with van der Waals surface area (Å²) in [6.07, 6.45) is 3.07. The molecule has 76 valence electrons. The molecule has 2 rings (SSSR count). The summed E-state index contributed by atoms with van der Waals surface area (Å²) in [6.45, 7) is 3.10. The number of hydrogen-bond donors (Lipinski definition) is 1. The predicted octanol–water partition coefficient (Wildman–Crippen LogP) is 1.64. The van der Waals surface area contributed by atoms with E-state index in [0.717, 1.165) is 24.7 Å². The Kier molecular flexibility index (Phi) is 3.43. The molecule has 0 spiro atoms. The molecule has 0 radical (unpaired) electrons. The number of pyridine rings is 1. The second kappa shape index (κ2) is 4.80. The first-order valence-electron chi connectivity index (χ1n) is 5.07. The van der Waals surface area contributed by atoms with Gasteiger partial charge in [-0.3, -0.25) is 4.98 Å². The SMILES string of the molecule is Cc1ccc(CCNC2CSC2)cn1. The third-order valence-corrected chi connectivity index (χ3v) is 3.73. The maximum atomic E-state index is 4.28. The molecule has 2 nitrogen and oxygen atoms in total. The average molecular weight is 208 g/mol. The molecule has 0 unspecified atom stereocenters. The Labute approximate surface area is 89.5 Å². The Balaban J connectivity index is 1.71. The number of rotatable bonds is 4. The number of aromatic nitrogens is 1. The van der Waals surface area contributed by atoms with Crippen LogP contribution in [0.1, 0.15) is 11.3 Å². The summed E-state index contributed by atoms with van der Waals surface area (Å²) >= 11 is 2.02. The highest BCUT2D eigenvalue weighted by Gasteiger charge is 2.16. The van der Waals surface area contributed by atoms with Crippen LogP contribution in [0, 0.1) is 6.92 Å². The molecule has 1 aliphatic heterocycles. The first-order valence-corrected chi connectivity index (χ1v) is 6.23. The topological polar surface area (TPSA) is 24.9 Å². The Morgan fingerprint density at radius 3 is 2.93 bits per heavy atom. The lowest BCUT2D eigenvalue weighted by Crippen LogP contribution is -2.41. The molecule has 1 fully saturated rings. The fraction of sp³-hybridized carbons (Fsp3) is 0.545. The molecule has 2 heterocycles. The van der Waals surface area contributed by atoms with E-state index in [1.165, 1.54) is 17.1 Å². The van der Waals surface area contributed by atoms with E-state index in [0.29, 0.717) is 0 Å². The lowest BCUT2D eigenvalue weighted by molar-refractivity contribution is 0.584. The summed E-state index contributed by atoms with van der Waals surface area (Å²) in [4.78, 5) is 4.28. The van der Waals surface area contributed by atoms with Crippen molar-refractivity contribution in [1.29, 1.82) is 0 Å². The van der Waals surface area contributed by atoms with Crippen LogP contribution in [0.3, 0.4) is 0 Å². The van der Waals surface area contributed by atoms with Crippen LogP contribution in [0.15, 0.2) is 18.3 Å². The van der Waals surface area contributed by atoms with Crippen molar-refractivity contribution in [2.24, 2.45) is 0 Å². The molecule has 0 bridgehead atoms. The van der Waals surface area contributed by atoms with Crippen molar-refractivity contribution in [2.45, 2.75) is 19.4 Å². The second-order valence-electron chi connectivity index (χ2n) is 3.75. The molecule has 1 N–H and O–H groups in total. The van der Waals surface area contributed by atoms with Gasteiger partial charge in [0.25, 0.3) is 0 Å². The van der Waals surface area contributed by atoms with Crippen molar-refractivity contribution < 1.29 is 0 Å². The normalized spacial score (nSPS) is 16.6. The standard InChI is InChI=1S/C11H16N2S/c1-9-2-3-10(6-13-9)4-5-12-11-7-14-8-11/h2-3,6,11-12H,4-5,7-8H2,1H3. The summed E-state index contributed by atoms with van der Waals surface area (Å²) in [6, 6.07) is 5.01. The molecule has 14 heavy (non-hydrogen) atoms. The van der Waals surface area contributed by atoms with Crippen LogP contribution < -0.4 is 5.32 Å². The van der Waals surface area contributed by atoms with E-state index in [4.69, 9.17) is 0 Å². The smallest absolute Gasteiger partial charge is 0.0372 e. The molecule has 1 saturated heterocycles. The largest absolute Gasteiger partial charge is 0.312 e. The molecule has 0 aliphatic carbocycles. The highest BCUT2D eigenvalue weighted by atomic mass is 32.2. The summed E-state index contributed by atoms with van der Waals surface area (Å²) in [7, 11) is 0. The van der Waals surface area contributed by atoms with Crippen molar-refractivity contribution in [3.05, 3.63) is 29.6 Å². The zero-order chi connectivity index (χ0) is 9.80. The summed E-state index contributed by atoms with van der Waals surface area (Å²) in [5.41, 5.74) is 2.42.